The summed E-state index contributed by atoms with van der Waals surface area (Å²) < 4.78 is 0. The highest BCUT2D eigenvalue weighted by Gasteiger charge is 2.05. The Balaban J connectivity index is 3.31. The largest absolute Gasteiger partial charge is 0.0985 e. The summed E-state index contributed by atoms with van der Waals surface area (Å²) in [5.41, 5.74) is 7.22. The number of aryl methyl sites for hydroxylation is 1. The van der Waals surface area contributed by atoms with Crippen molar-refractivity contribution in [3.05, 3.63) is 71.3 Å². The highest BCUT2D eigenvalue weighted by atomic mass is 14.1. The molecule has 0 spiro atoms. The molecule has 0 N–H and O–H groups in total. The predicted octanol–water partition coefficient (Wildman–Crippen LogP) is 5.56. The molecule has 0 saturated heterocycles. The summed E-state index contributed by atoms with van der Waals surface area (Å²) in [5, 5.41) is 0. The van der Waals surface area contributed by atoms with Crippen molar-refractivity contribution in [2.75, 3.05) is 0 Å². The molecule has 0 amide bonds. The van der Waals surface area contributed by atoms with Crippen molar-refractivity contribution in [1.29, 1.82) is 0 Å². The van der Waals surface area contributed by atoms with Crippen LogP contribution in [0.15, 0.2) is 54.7 Å². The lowest BCUT2D eigenvalue weighted by molar-refractivity contribution is 1.37. The minimum absolute atomic E-state index is 1.09. The topological polar surface area (TPSA) is 0 Å². The number of benzene rings is 1. The van der Waals surface area contributed by atoms with E-state index in [0.717, 1.165) is 11.1 Å². The van der Waals surface area contributed by atoms with Gasteiger partial charge in [-0.1, -0.05) is 60.7 Å². The van der Waals surface area contributed by atoms with Crippen molar-refractivity contribution in [3.8, 4) is 0 Å². The molecule has 0 nitrogen and oxygen atoms in total. The van der Waals surface area contributed by atoms with Gasteiger partial charge in [0.15, 0.2) is 0 Å². The van der Waals surface area contributed by atoms with Gasteiger partial charge in [-0.3, -0.25) is 0 Å². The van der Waals surface area contributed by atoms with E-state index in [0.29, 0.717) is 0 Å². The fraction of sp³-hybridized carbons (Fsp3) is 0.222. The molecule has 0 bridgehead atoms. The Hall–Kier alpha value is -1.82. The Kier molecular flexibility index (Phi) is 4.91. The van der Waals surface area contributed by atoms with E-state index in [4.69, 9.17) is 0 Å². The Labute approximate surface area is 111 Å². The molecule has 0 unspecified atom stereocenters. The first-order chi connectivity index (χ1) is 8.45. The monoisotopic (exact) mass is 238 g/mol. The van der Waals surface area contributed by atoms with Crippen molar-refractivity contribution < 1.29 is 0 Å². The zero-order valence-electron chi connectivity index (χ0n) is 11.9. The van der Waals surface area contributed by atoms with Gasteiger partial charge in [0.1, 0.15) is 0 Å². The molecule has 0 atom stereocenters. The lowest BCUT2D eigenvalue weighted by Crippen LogP contribution is -1.91. The quantitative estimate of drug-likeness (QED) is 0.602. The average Bonchev–Trinajstić information content (AvgIpc) is 2.30. The Morgan fingerprint density at radius 2 is 1.78 bits per heavy atom. The SMILES string of the molecule is C=Cc1ccc(C(=CC=C(C)C)C(=C)C)c(C)c1. The molecule has 0 fully saturated rings. The molecule has 0 heteroatoms. The highest BCUT2D eigenvalue weighted by Crippen LogP contribution is 2.26. The minimum atomic E-state index is 1.09. The summed E-state index contributed by atoms with van der Waals surface area (Å²) >= 11 is 0. The lowest BCUT2D eigenvalue weighted by Gasteiger charge is -2.11. The van der Waals surface area contributed by atoms with Crippen molar-refractivity contribution in [2.45, 2.75) is 27.7 Å². The zero-order chi connectivity index (χ0) is 13.7. The van der Waals surface area contributed by atoms with E-state index in [1.54, 1.807) is 0 Å². The summed E-state index contributed by atoms with van der Waals surface area (Å²) in [4.78, 5) is 0. The molecule has 0 heterocycles. The van der Waals surface area contributed by atoms with Crippen LogP contribution in [0.25, 0.3) is 11.6 Å². The smallest absolute Gasteiger partial charge is 0.0152 e. The van der Waals surface area contributed by atoms with Gasteiger partial charge in [0, 0.05) is 0 Å². The van der Waals surface area contributed by atoms with Crippen LogP contribution in [0.3, 0.4) is 0 Å². The summed E-state index contributed by atoms with van der Waals surface area (Å²) in [5.74, 6) is 0. The van der Waals surface area contributed by atoms with Crippen molar-refractivity contribution in [2.24, 2.45) is 0 Å². The molecule has 0 radical (unpaired) electrons. The van der Waals surface area contributed by atoms with Crippen LogP contribution in [-0.2, 0) is 0 Å². The first kappa shape index (κ1) is 14.2. The summed E-state index contributed by atoms with van der Waals surface area (Å²) in [7, 11) is 0. The normalized spacial score (nSPS) is 11.0. The Bertz CT molecular complexity index is 521. The van der Waals surface area contributed by atoms with Gasteiger partial charge in [0.25, 0.3) is 0 Å². The van der Waals surface area contributed by atoms with Crippen molar-refractivity contribution >= 4 is 11.6 Å². The second-order valence-electron chi connectivity index (χ2n) is 4.88. The third kappa shape index (κ3) is 3.59. The van der Waals surface area contributed by atoms with E-state index in [2.05, 4.69) is 64.3 Å². The molecule has 0 saturated carbocycles. The first-order valence-corrected chi connectivity index (χ1v) is 6.20. The second-order valence-corrected chi connectivity index (χ2v) is 4.88. The third-order valence-corrected chi connectivity index (χ3v) is 2.82. The standard InChI is InChI=1S/C18H22/c1-7-16-9-11-18(15(6)12-16)17(14(4)5)10-8-13(2)3/h7-12H,1,4H2,2-3,5-6H3. The maximum Gasteiger partial charge on any atom is -0.0152 e. The molecule has 94 valence electrons. The van der Waals surface area contributed by atoms with E-state index in [9.17, 15) is 0 Å². The highest BCUT2D eigenvalue weighted by molar-refractivity contribution is 5.81. The van der Waals surface area contributed by atoms with Gasteiger partial charge in [-0.05, 0) is 50.0 Å². The minimum Gasteiger partial charge on any atom is -0.0985 e. The van der Waals surface area contributed by atoms with Crippen molar-refractivity contribution in [1.82, 2.24) is 0 Å². The Morgan fingerprint density at radius 1 is 1.11 bits per heavy atom. The van der Waals surface area contributed by atoms with E-state index in [-0.39, 0.29) is 0 Å². The van der Waals surface area contributed by atoms with Crippen LogP contribution < -0.4 is 0 Å². The van der Waals surface area contributed by atoms with E-state index >= 15 is 0 Å². The van der Waals surface area contributed by atoms with Crippen LogP contribution in [0.2, 0.25) is 0 Å². The molecule has 18 heavy (non-hydrogen) atoms. The molecule has 1 aromatic rings. The number of hydrogen-bond acceptors (Lipinski definition) is 0. The van der Waals surface area contributed by atoms with E-state index in [1.807, 2.05) is 13.0 Å². The maximum atomic E-state index is 4.08. The van der Waals surface area contributed by atoms with Crippen LogP contribution in [0.5, 0.6) is 0 Å². The molecule has 0 aliphatic carbocycles. The van der Waals surface area contributed by atoms with Gasteiger partial charge < -0.3 is 0 Å². The average molecular weight is 238 g/mol. The molecular weight excluding hydrogens is 216 g/mol. The van der Waals surface area contributed by atoms with Crippen LogP contribution in [0.1, 0.15) is 37.5 Å². The van der Waals surface area contributed by atoms with Crippen LogP contribution in [0, 0.1) is 6.92 Å². The van der Waals surface area contributed by atoms with E-state index in [1.165, 1.54) is 22.3 Å². The molecule has 1 rings (SSSR count). The zero-order valence-corrected chi connectivity index (χ0v) is 11.9. The van der Waals surface area contributed by atoms with Gasteiger partial charge in [0.2, 0.25) is 0 Å². The fourth-order valence-electron chi connectivity index (χ4n) is 1.83. The first-order valence-electron chi connectivity index (χ1n) is 6.20. The predicted molar refractivity (Wildman–Crippen MR) is 83.5 cm³/mol. The lowest BCUT2D eigenvalue weighted by atomic mass is 9.94. The van der Waals surface area contributed by atoms with Gasteiger partial charge in [0.05, 0.1) is 0 Å². The third-order valence-electron chi connectivity index (χ3n) is 2.82. The van der Waals surface area contributed by atoms with Crippen LogP contribution >= 0.6 is 0 Å². The number of hydrogen-bond donors (Lipinski definition) is 0. The molecule has 0 aromatic heterocycles. The second kappa shape index (κ2) is 6.20. The van der Waals surface area contributed by atoms with Crippen molar-refractivity contribution in [3.63, 3.8) is 0 Å². The number of rotatable bonds is 4. The van der Waals surface area contributed by atoms with E-state index < -0.39 is 0 Å². The Morgan fingerprint density at radius 3 is 2.22 bits per heavy atom. The summed E-state index contributed by atoms with van der Waals surface area (Å²) in [6.45, 7) is 16.2. The molecular formula is C18H22. The molecule has 0 aliphatic heterocycles. The summed E-state index contributed by atoms with van der Waals surface area (Å²) in [6, 6.07) is 6.39. The van der Waals surface area contributed by atoms with Gasteiger partial charge in [-0.2, -0.15) is 0 Å². The van der Waals surface area contributed by atoms with Gasteiger partial charge in [-0.15, -0.1) is 0 Å². The van der Waals surface area contributed by atoms with Crippen LogP contribution in [-0.4, -0.2) is 0 Å². The van der Waals surface area contributed by atoms with Gasteiger partial charge in [-0.25, -0.2) is 0 Å². The fourth-order valence-corrected chi connectivity index (χ4v) is 1.83. The molecule has 1 aromatic carbocycles. The number of allylic oxidation sites excluding steroid dienone is 5. The van der Waals surface area contributed by atoms with Crippen LogP contribution in [0.4, 0.5) is 0 Å². The maximum absolute atomic E-state index is 4.08. The molecule has 0 aliphatic rings. The summed E-state index contributed by atoms with van der Waals surface area (Å²) in [6.07, 6.45) is 6.15. The van der Waals surface area contributed by atoms with Gasteiger partial charge >= 0.3 is 0 Å².